The lowest BCUT2D eigenvalue weighted by atomic mass is 10.1. The van der Waals surface area contributed by atoms with Crippen molar-refractivity contribution in [3.8, 4) is 0 Å². The van der Waals surface area contributed by atoms with Gasteiger partial charge in [0.25, 0.3) is 0 Å². The van der Waals surface area contributed by atoms with Gasteiger partial charge in [-0.05, 0) is 6.42 Å². The van der Waals surface area contributed by atoms with Crippen molar-refractivity contribution < 1.29 is 19.3 Å². The standard InChI is InChI=1S/C11H12ClFN4O3/c1-2-4-6(18)7(19)10(20-4)17-3-14-5-8(12)15-11(13)16-9(5)17/h3-4,6-7,10,18-19H,2H2,1H3/t4-,6-,7-,10?/m1/s1. The molecule has 9 heteroatoms. The van der Waals surface area contributed by atoms with Crippen LogP contribution in [0.4, 0.5) is 4.39 Å². The Hall–Kier alpha value is -1.35. The Labute approximate surface area is 118 Å². The number of nitrogens with zero attached hydrogens (tertiary/aromatic N) is 4. The summed E-state index contributed by atoms with van der Waals surface area (Å²) < 4.78 is 20.2. The summed E-state index contributed by atoms with van der Waals surface area (Å²) in [6.07, 6.45) is -2.72. The van der Waals surface area contributed by atoms with Crippen LogP contribution in [0.2, 0.25) is 5.15 Å². The van der Waals surface area contributed by atoms with Crippen LogP contribution in [0.5, 0.6) is 0 Å². The highest BCUT2D eigenvalue weighted by atomic mass is 35.5. The summed E-state index contributed by atoms with van der Waals surface area (Å²) in [6, 6.07) is 0. The van der Waals surface area contributed by atoms with Gasteiger partial charge < -0.3 is 14.9 Å². The molecule has 1 unspecified atom stereocenters. The van der Waals surface area contributed by atoms with Crippen molar-refractivity contribution in [1.82, 2.24) is 19.5 Å². The van der Waals surface area contributed by atoms with E-state index >= 15 is 0 Å². The number of aliphatic hydroxyl groups is 2. The van der Waals surface area contributed by atoms with Gasteiger partial charge in [-0.3, -0.25) is 4.57 Å². The molecular formula is C11H12ClFN4O3. The van der Waals surface area contributed by atoms with E-state index in [0.717, 1.165) is 0 Å². The van der Waals surface area contributed by atoms with E-state index in [9.17, 15) is 14.6 Å². The van der Waals surface area contributed by atoms with Gasteiger partial charge in [0, 0.05) is 0 Å². The highest BCUT2D eigenvalue weighted by molar-refractivity contribution is 6.33. The van der Waals surface area contributed by atoms with E-state index in [1.807, 2.05) is 6.92 Å². The molecule has 7 nitrogen and oxygen atoms in total. The van der Waals surface area contributed by atoms with E-state index in [-0.39, 0.29) is 16.3 Å². The molecule has 0 aliphatic carbocycles. The number of rotatable bonds is 2. The number of aliphatic hydroxyl groups excluding tert-OH is 2. The minimum atomic E-state index is -1.16. The van der Waals surface area contributed by atoms with Gasteiger partial charge in [-0.2, -0.15) is 14.4 Å². The number of hydrogen-bond donors (Lipinski definition) is 2. The average molecular weight is 303 g/mol. The number of halogens is 2. The largest absolute Gasteiger partial charge is 0.388 e. The van der Waals surface area contributed by atoms with Crippen molar-refractivity contribution in [2.24, 2.45) is 0 Å². The Bertz CT molecular complexity index is 652. The molecule has 0 saturated carbocycles. The van der Waals surface area contributed by atoms with E-state index in [2.05, 4.69) is 15.0 Å². The SMILES string of the molecule is CC[C@H]1OC(n2cnc3c(Cl)nc(F)nc32)[C@H](O)[C@@H]1O. The van der Waals surface area contributed by atoms with Crippen molar-refractivity contribution in [3.63, 3.8) is 0 Å². The van der Waals surface area contributed by atoms with Crippen molar-refractivity contribution in [2.75, 3.05) is 0 Å². The molecule has 0 aromatic carbocycles. The minimum Gasteiger partial charge on any atom is -0.388 e. The van der Waals surface area contributed by atoms with E-state index in [1.165, 1.54) is 10.9 Å². The van der Waals surface area contributed by atoms with Crippen LogP contribution in [0.25, 0.3) is 11.2 Å². The van der Waals surface area contributed by atoms with Gasteiger partial charge in [0.2, 0.25) is 0 Å². The minimum absolute atomic E-state index is 0.107. The number of fused-ring (bicyclic) bond motifs is 1. The zero-order valence-corrected chi connectivity index (χ0v) is 11.2. The summed E-state index contributed by atoms with van der Waals surface area (Å²) >= 11 is 5.78. The third kappa shape index (κ3) is 1.96. The summed E-state index contributed by atoms with van der Waals surface area (Å²) in [7, 11) is 0. The first-order chi connectivity index (χ1) is 9.52. The van der Waals surface area contributed by atoms with Crippen LogP contribution >= 0.6 is 11.6 Å². The van der Waals surface area contributed by atoms with Gasteiger partial charge in [-0.15, -0.1) is 0 Å². The van der Waals surface area contributed by atoms with Crippen LogP contribution in [-0.4, -0.2) is 48.0 Å². The number of imidazole rings is 1. The smallest absolute Gasteiger partial charge is 0.312 e. The van der Waals surface area contributed by atoms with Crippen LogP contribution in [0.1, 0.15) is 19.6 Å². The monoisotopic (exact) mass is 302 g/mol. The molecule has 0 spiro atoms. The third-order valence-corrected chi connectivity index (χ3v) is 3.63. The average Bonchev–Trinajstić information content (AvgIpc) is 2.93. The highest BCUT2D eigenvalue weighted by Crippen LogP contribution is 2.33. The predicted octanol–water partition coefficient (Wildman–Crippen LogP) is 0.648. The molecule has 1 saturated heterocycles. The Kier molecular flexibility index (Phi) is 3.33. The molecule has 2 N–H and O–H groups in total. The first-order valence-corrected chi connectivity index (χ1v) is 6.48. The van der Waals surface area contributed by atoms with Crippen LogP contribution in [0, 0.1) is 6.08 Å². The molecule has 0 bridgehead atoms. The number of aromatic nitrogens is 4. The molecule has 4 atom stereocenters. The maximum atomic E-state index is 13.3. The van der Waals surface area contributed by atoms with Crippen LogP contribution in [-0.2, 0) is 4.74 Å². The fraction of sp³-hybridized carbons (Fsp3) is 0.545. The number of hydrogen-bond acceptors (Lipinski definition) is 6. The van der Waals surface area contributed by atoms with Gasteiger partial charge in [-0.1, -0.05) is 18.5 Å². The topological polar surface area (TPSA) is 93.3 Å². The molecule has 3 rings (SSSR count). The van der Waals surface area contributed by atoms with Crippen LogP contribution < -0.4 is 0 Å². The van der Waals surface area contributed by atoms with Crippen molar-refractivity contribution in [3.05, 3.63) is 17.6 Å². The second-order valence-electron chi connectivity index (χ2n) is 4.56. The van der Waals surface area contributed by atoms with Gasteiger partial charge in [0.15, 0.2) is 17.0 Å². The van der Waals surface area contributed by atoms with Crippen molar-refractivity contribution in [2.45, 2.75) is 37.9 Å². The zero-order chi connectivity index (χ0) is 14.4. The first kappa shape index (κ1) is 13.6. The zero-order valence-electron chi connectivity index (χ0n) is 10.4. The molecule has 1 fully saturated rings. The lowest BCUT2D eigenvalue weighted by Crippen LogP contribution is -2.31. The Morgan fingerprint density at radius 3 is 2.80 bits per heavy atom. The molecule has 1 aliphatic rings. The third-order valence-electron chi connectivity index (χ3n) is 3.37. The number of ether oxygens (including phenoxy) is 1. The van der Waals surface area contributed by atoms with E-state index in [4.69, 9.17) is 16.3 Å². The lowest BCUT2D eigenvalue weighted by Gasteiger charge is -2.16. The fourth-order valence-electron chi connectivity index (χ4n) is 2.34. The predicted molar refractivity (Wildman–Crippen MR) is 66.5 cm³/mol. The molecule has 2 aromatic heterocycles. The molecule has 1 aliphatic heterocycles. The van der Waals surface area contributed by atoms with Crippen molar-refractivity contribution in [1.29, 1.82) is 0 Å². The van der Waals surface area contributed by atoms with Crippen LogP contribution in [0.3, 0.4) is 0 Å². The maximum Gasteiger partial charge on any atom is 0.312 e. The summed E-state index contributed by atoms with van der Waals surface area (Å²) in [5, 5.41) is 19.8. The van der Waals surface area contributed by atoms with Gasteiger partial charge in [0.1, 0.15) is 17.7 Å². The normalized spacial score (nSPS) is 30.2. The second-order valence-corrected chi connectivity index (χ2v) is 4.92. The van der Waals surface area contributed by atoms with E-state index < -0.39 is 30.6 Å². The van der Waals surface area contributed by atoms with Crippen molar-refractivity contribution >= 4 is 22.8 Å². The molecule has 20 heavy (non-hydrogen) atoms. The summed E-state index contributed by atoms with van der Waals surface area (Å²) in [5.74, 6) is 0. The van der Waals surface area contributed by atoms with E-state index in [1.54, 1.807) is 0 Å². The molecular weight excluding hydrogens is 291 g/mol. The van der Waals surface area contributed by atoms with Gasteiger partial charge >= 0.3 is 6.08 Å². The Balaban J connectivity index is 2.07. The summed E-state index contributed by atoms with van der Waals surface area (Å²) in [4.78, 5) is 11.0. The van der Waals surface area contributed by atoms with Gasteiger partial charge in [-0.25, -0.2) is 4.98 Å². The Morgan fingerprint density at radius 2 is 2.15 bits per heavy atom. The Morgan fingerprint density at radius 1 is 1.40 bits per heavy atom. The molecule has 108 valence electrons. The first-order valence-electron chi connectivity index (χ1n) is 6.10. The molecule has 3 heterocycles. The quantitative estimate of drug-likeness (QED) is 0.625. The van der Waals surface area contributed by atoms with Gasteiger partial charge in [0.05, 0.1) is 12.4 Å². The molecule has 0 radical (unpaired) electrons. The fourth-order valence-corrected chi connectivity index (χ4v) is 2.54. The van der Waals surface area contributed by atoms with E-state index in [0.29, 0.717) is 6.42 Å². The second kappa shape index (κ2) is 4.88. The summed E-state index contributed by atoms with van der Waals surface area (Å²) in [6.45, 7) is 1.83. The highest BCUT2D eigenvalue weighted by Gasteiger charge is 2.43. The molecule has 0 amide bonds. The lowest BCUT2D eigenvalue weighted by molar-refractivity contribution is -0.0356. The summed E-state index contributed by atoms with van der Waals surface area (Å²) in [5.41, 5.74) is 0.314. The van der Waals surface area contributed by atoms with Crippen LogP contribution in [0.15, 0.2) is 6.33 Å². The molecule has 2 aromatic rings. The maximum absolute atomic E-state index is 13.3.